The Morgan fingerprint density at radius 2 is 2.10 bits per heavy atom. The second kappa shape index (κ2) is 6.55. The fourth-order valence-corrected chi connectivity index (χ4v) is 3.47. The molecule has 3 rings (SSSR count). The standard InChI is InChI=1S/C17H26ClN3/c1-3-20-8-9-21(12-13(20)2)17-7-4-14(10-16(17)18)11-19-15-5-6-15/h4,7,10,13,15,19H,3,5-6,8-9,11-12H2,1-2H3. The van der Waals surface area contributed by atoms with Crippen LogP contribution < -0.4 is 10.2 Å². The Morgan fingerprint density at radius 1 is 1.29 bits per heavy atom. The summed E-state index contributed by atoms with van der Waals surface area (Å²) in [4.78, 5) is 4.95. The number of halogens is 1. The van der Waals surface area contributed by atoms with Crippen molar-refractivity contribution in [1.82, 2.24) is 10.2 Å². The van der Waals surface area contributed by atoms with Crippen molar-refractivity contribution >= 4 is 17.3 Å². The Morgan fingerprint density at radius 3 is 2.71 bits per heavy atom. The Bertz CT molecular complexity index is 487. The van der Waals surface area contributed by atoms with Crippen LogP contribution in [0.3, 0.4) is 0 Å². The Balaban J connectivity index is 1.64. The third-order valence-corrected chi connectivity index (χ3v) is 5.00. The third kappa shape index (κ3) is 3.71. The lowest BCUT2D eigenvalue weighted by molar-refractivity contribution is 0.199. The van der Waals surface area contributed by atoms with E-state index < -0.39 is 0 Å². The van der Waals surface area contributed by atoms with E-state index in [1.54, 1.807) is 0 Å². The van der Waals surface area contributed by atoms with Crippen LogP contribution in [0.25, 0.3) is 0 Å². The summed E-state index contributed by atoms with van der Waals surface area (Å²) < 4.78 is 0. The average molecular weight is 308 g/mol. The van der Waals surface area contributed by atoms with Crippen molar-refractivity contribution in [1.29, 1.82) is 0 Å². The van der Waals surface area contributed by atoms with Gasteiger partial charge in [-0.1, -0.05) is 24.6 Å². The number of hydrogen-bond acceptors (Lipinski definition) is 3. The topological polar surface area (TPSA) is 18.5 Å². The SMILES string of the molecule is CCN1CCN(c2ccc(CNC3CC3)cc2Cl)CC1C. The minimum atomic E-state index is 0.594. The number of piperazine rings is 1. The van der Waals surface area contributed by atoms with Gasteiger partial charge in [-0.2, -0.15) is 0 Å². The van der Waals surface area contributed by atoms with Crippen molar-refractivity contribution in [2.24, 2.45) is 0 Å². The molecule has 1 aliphatic heterocycles. The number of anilines is 1. The smallest absolute Gasteiger partial charge is 0.0642 e. The van der Waals surface area contributed by atoms with Gasteiger partial charge in [0.05, 0.1) is 10.7 Å². The van der Waals surface area contributed by atoms with E-state index in [-0.39, 0.29) is 0 Å². The lowest BCUT2D eigenvalue weighted by Gasteiger charge is -2.40. The number of nitrogens with one attached hydrogen (secondary N) is 1. The summed E-state index contributed by atoms with van der Waals surface area (Å²) in [5, 5.41) is 4.43. The van der Waals surface area contributed by atoms with Gasteiger partial charge in [-0.25, -0.2) is 0 Å². The second-order valence-electron chi connectivity index (χ2n) is 6.36. The molecule has 2 aliphatic rings. The van der Waals surface area contributed by atoms with Crippen LogP contribution in [0.2, 0.25) is 5.02 Å². The van der Waals surface area contributed by atoms with Crippen molar-refractivity contribution < 1.29 is 0 Å². The van der Waals surface area contributed by atoms with E-state index >= 15 is 0 Å². The van der Waals surface area contributed by atoms with Gasteiger partial charge in [0.25, 0.3) is 0 Å². The number of rotatable bonds is 5. The Hall–Kier alpha value is -0.770. The maximum atomic E-state index is 6.53. The van der Waals surface area contributed by atoms with Crippen molar-refractivity contribution in [3.05, 3.63) is 28.8 Å². The highest BCUT2D eigenvalue weighted by Crippen LogP contribution is 2.29. The van der Waals surface area contributed by atoms with E-state index in [9.17, 15) is 0 Å². The van der Waals surface area contributed by atoms with Crippen molar-refractivity contribution in [2.75, 3.05) is 31.1 Å². The molecule has 1 heterocycles. The zero-order chi connectivity index (χ0) is 14.8. The second-order valence-corrected chi connectivity index (χ2v) is 6.77. The molecule has 0 bridgehead atoms. The normalized spacial score (nSPS) is 23.6. The van der Waals surface area contributed by atoms with E-state index in [2.05, 4.69) is 47.2 Å². The fourth-order valence-electron chi connectivity index (χ4n) is 3.15. The molecule has 1 atom stereocenters. The fraction of sp³-hybridized carbons (Fsp3) is 0.647. The maximum absolute atomic E-state index is 6.53. The molecule has 116 valence electrons. The minimum Gasteiger partial charge on any atom is -0.367 e. The predicted octanol–water partition coefficient (Wildman–Crippen LogP) is 3.12. The van der Waals surface area contributed by atoms with E-state index in [1.165, 1.54) is 24.1 Å². The largest absolute Gasteiger partial charge is 0.367 e. The molecule has 4 heteroatoms. The van der Waals surface area contributed by atoms with E-state index in [4.69, 9.17) is 11.6 Å². The highest BCUT2D eigenvalue weighted by Gasteiger charge is 2.24. The summed E-state index contributed by atoms with van der Waals surface area (Å²) in [7, 11) is 0. The zero-order valence-electron chi connectivity index (χ0n) is 13.1. The third-order valence-electron chi connectivity index (χ3n) is 4.70. The summed E-state index contributed by atoms with van der Waals surface area (Å²) in [6.07, 6.45) is 2.65. The van der Waals surface area contributed by atoms with E-state index in [0.29, 0.717) is 6.04 Å². The maximum Gasteiger partial charge on any atom is 0.0642 e. The van der Waals surface area contributed by atoms with Crippen molar-refractivity contribution in [3.8, 4) is 0 Å². The predicted molar refractivity (Wildman–Crippen MR) is 90.2 cm³/mol. The molecule has 2 fully saturated rings. The number of likely N-dealkylation sites (N-methyl/N-ethyl adjacent to an activating group) is 1. The summed E-state index contributed by atoms with van der Waals surface area (Å²) in [6.45, 7) is 9.86. The molecule has 0 amide bonds. The van der Waals surface area contributed by atoms with E-state index in [1.807, 2.05) is 0 Å². The van der Waals surface area contributed by atoms with Crippen LogP contribution in [0.15, 0.2) is 18.2 Å². The molecule has 1 saturated carbocycles. The monoisotopic (exact) mass is 307 g/mol. The molecule has 1 unspecified atom stereocenters. The number of nitrogens with zero attached hydrogens (tertiary/aromatic N) is 2. The number of hydrogen-bond donors (Lipinski definition) is 1. The average Bonchev–Trinajstić information content (AvgIpc) is 3.29. The van der Waals surface area contributed by atoms with Gasteiger partial charge >= 0.3 is 0 Å². The van der Waals surface area contributed by atoms with Gasteiger partial charge < -0.3 is 10.2 Å². The molecule has 1 aliphatic carbocycles. The molecule has 1 aromatic carbocycles. The lowest BCUT2D eigenvalue weighted by atomic mass is 10.1. The Kier molecular flexibility index (Phi) is 4.72. The van der Waals surface area contributed by atoms with Crippen LogP contribution in [-0.4, -0.2) is 43.2 Å². The van der Waals surface area contributed by atoms with Crippen molar-refractivity contribution in [3.63, 3.8) is 0 Å². The first-order valence-electron chi connectivity index (χ1n) is 8.18. The molecule has 0 aromatic heterocycles. The molecule has 1 N–H and O–H groups in total. The van der Waals surface area contributed by atoms with Gasteiger partial charge in [0.2, 0.25) is 0 Å². The molecule has 1 saturated heterocycles. The number of benzene rings is 1. The van der Waals surface area contributed by atoms with Gasteiger partial charge in [0, 0.05) is 38.3 Å². The van der Waals surface area contributed by atoms with E-state index in [0.717, 1.165) is 43.8 Å². The summed E-state index contributed by atoms with van der Waals surface area (Å²) >= 11 is 6.53. The molecule has 21 heavy (non-hydrogen) atoms. The van der Waals surface area contributed by atoms with Crippen LogP contribution in [0.5, 0.6) is 0 Å². The Labute approximate surface area is 133 Å². The highest BCUT2D eigenvalue weighted by molar-refractivity contribution is 6.33. The van der Waals surface area contributed by atoms with Crippen molar-refractivity contribution in [2.45, 2.75) is 45.3 Å². The van der Waals surface area contributed by atoms with Crippen LogP contribution in [0, 0.1) is 0 Å². The molecule has 0 spiro atoms. The summed E-state index contributed by atoms with van der Waals surface area (Å²) in [5.74, 6) is 0. The first-order valence-corrected chi connectivity index (χ1v) is 8.56. The lowest BCUT2D eigenvalue weighted by Crippen LogP contribution is -2.51. The van der Waals surface area contributed by atoms with Gasteiger partial charge in [-0.05, 0) is 44.0 Å². The molecular weight excluding hydrogens is 282 g/mol. The molecule has 1 aromatic rings. The molecule has 0 radical (unpaired) electrons. The van der Waals surface area contributed by atoms with Crippen LogP contribution in [0.1, 0.15) is 32.3 Å². The van der Waals surface area contributed by atoms with Gasteiger partial charge in [-0.15, -0.1) is 0 Å². The summed E-state index contributed by atoms with van der Waals surface area (Å²) in [6, 6.07) is 7.87. The van der Waals surface area contributed by atoms with Crippen LogP contribution in [0.4, 0.5) is 5.69 Å². The minimum absolute atomic E-state index is 0.594. The highest BCUT2D eigenvalue weighted by atomic mass is 35.5. The van der Waals surface area contributed by atoms with Crippen LogP contribution >= 0.6 is 11.6 Å². The van der Waals surface area contributed by atoms with Gasteiger partial charge in [0.1, 0.15) is 0 Å². The van der Waals surface area contributed by atoms with Gasteiger partial charge in [0.15, 0.2) is 0 Å². The first-order chi connectivity index (χ1) is 10.2. The summed E-state index contributed by atoms with van der Waals surface area (Å²) in [5.41, 5.74) is 2.48. The molecule has 3 nitrogen and oxygen atoms in total. The van der Waals surface area contributed by atoms with Crippen LogP contribution in [-0.2, 0) is 6.54 Å². The first kappa shape index (κ1) is 15.1. The molecular formula is C17H26ClN3. The quantitative estimate of drug-likeness (QED) is 0.901. The van der Waals surface area contributed by atoms with Gasteiger partial charge in [-0.3, -0.25) is 4.90 Å². The zero-order valence-corrected chi connectivity index (χ0v) is 13.9.